The molecule has 0 radical (unpaired) electrons. The molecule has 0 saturated heterocycles. The van der Waals surface area contributed by atoms with Crippen LogP contribution in [0.5, 0.6) is 0 Å². The molecule has 13 heavy (non-hydrogen) atoms. The third-order valence-electron chi connectivity index (χ3n) is 1.99. The summed E-state index contributed by atoms with van der Waals surface area (Å²) in [6.45, 7) is 4.66. The Morgan fingerprint density at radius 3 is 2.54 bits per heavy atom. The summed E-state index contributed by atoms with van der Waals surface area (Å²) in [6, 6.07) is 0. The van der Waals surface area contributed by atoms with Crippen LogP contribution in [0.3, 0.4) is 0 Å². The molecule has 0 spiro atoms. The van der Waals surface area contributed by atoms with E-state index in [0.29, 0.717) is 0 Å². The van der Waals surface area contributed by atoms with Crippen molar-refractivity contribution in [3.05, 3.63) is 0 Å². The van der Waals surface area contributed by atoms with Gasteiger partial charge in [0.15, 0.2) is 0 Å². The van der Waals surface area contributed by atoms with Gasteiger partial charge < -0.3 is 4.90 Å². The second-order valence-corrected chi connectivity index (χ2v) is 5.02. The van der Waals surface area contributed by atoms with Crippen LogP contribution < -0.4 is 0 Å². The molecule has 0 amide bonds. The zero-order valence-corrected chi connectivity index (χ0v) is 10.5. The molecule has 1 nitrogen and oxygen atoms in total. The number of nitrogens with zero attached hydrogens (tertiary/aromatic N) is 1. The van der Waals surface area contributed by atoms with Crippen molar-refractivity contribution in [3.8, 4) is 0 Å². The van der Waals surface area contributed by atoms with Gasteiger partial charge in [-0.25, -0.2) is 0 Å². The normalized spacial score (nSPS) is 11.1. The van der Waals surface area contributed by atoms with Gasteiger partial charge in [-0.05, 0) is 32.2 Å². The topological polar surface area (TPSA) is 3.24 Å². The van der Waals surface area contributed by atoms with Crippen LogP contribution >= 0.6 is 23.4 Å². The SMILES string of the molecule is CCSCCN(C)CCCCCCl. The first-order valence-electron chi connectivity index (χ1n) is 5.13. The van der Waals surface area contributed by atoms with Crippen LogP contribution in [-0.4, -0.2) is 42.4 Å². The molecule has 3 heteroatoms. The zero-order valence-electron chi connectivity index (χ0n) is 8.89. The van der Waals surface area contributed by atoms with Crippen molar-refractivity contribution in [2.24, 2.45) is 0 Å². The molecule has 0 rings (SSSR count). The molecule has 0 aliphatic carbocycles. The van der Waals surface area contributed by atoms with E-state index < -0.39 is 0 Å². The van der Waals surface area contributed by atoms with Crippen LogP contribution in [0.1, 0.15) is 26.2 Å². The minimum absolute atomic E-state index is 0.815. The number of thioether (sulfide) groups is 1. The Kier molecular flexibility index (Phi) is 11.2. The molecule has 0 aromatic rings. The molecule has 0 fully saturated rings. The smallest absolute Gasteiger partial charge is 0.0223 e. The molecule has 0 unspecified atom stereocenters. The summed E-state index contributed by atoms with van der Waals surface area (Å²) in [5.74, 6) is 3.32. The van der Waals surface area contributed by atoms with Gasteiger partial charge in [-0.1, -0.05) is 13.3 Å². The van der Waals surface area contributed by atoms with Gasteiger partial charge in [0.1, 0.15) is 0 Å². The van der Waals surface area contributed by atoms with E-state index in [1.807, 2.05) is 11.8 Å². The summed E-state index contributed by atoms with van der Waals surface area (Å²) >= 11 is 7.62. The standard InChI is InChI=1S/C10H22ClNS/c1-3-13-10-9-12(2)8-6-4-5-7-11/h3-10H2,1-2H3. The van der Waals surface area contributed by atoms with Crippen molar-refractivity contribution in [1.82, 2.24) is 4.90 Å². The lowest BCUT2D eigenvalue weighted by Crippen LogP contribution is -2.22. The summed E-state index contributed by atoms with van der Waals surface area (Å²) in [4.78, 5) is 2.41. The van der Waals surface area contributed by atoms with Crippen LogP contribution in [0.25, 0.3) is 0 Å². The monoisotopic (exact) mass is 223 g/mol. The van der Waals surface area contributed by atoms with Crippen LogP contribution in [-0.2, 0) is 0 Å². The van der Waals surface area contributed by atoms with E-state index >= 15 is 0 Å². The van der Waals surface area contributed by atoms with Gasteiger partial charge in [0, 0.05) is 18.2 Å². The van der Waals surface area contributed by atoms with Crippen LogP contribution in [0, 0.1) is 0 Å². The van der Waals surface area contributed by atoms with Gasteiger partial charge in [-0.15, -0.1) is 11.6 Å². The number of unbranched alkanes of at least 4 members (excludes halogenated alkanes) is 2. The lowest BCUT2D eigenvalue weighted by atomic mass is 10.2. The molecule has 0 aliphatic rings. The summed E-state index contributed by atoms with van der Waals surface area (Å²) in [5.41, 5.74) is 0. The average molecular weight is 224 g/mol. The van der Waals surface area contributed by atoms with Crippen LogP contribution in [0.15, 0.2) is 0 Å². The highest BCUT2D eigenvalue weighted by Crippen LogP contribution is 2.01. The summed E-state index contributed by atoms with van der Waals surface area (Å²) in [6.07, 6.45) is 3.73. The van der Waals surface area contributed by atoms with Gasteiger partial charge in [0.05, 0.1) is 0 Å². The first-order chi connectivity index (χ1) is 6.31. The number of hydrogen-bond donors (Lipinski definition) is 0. The Hall–Kier alpha value is 0.600. The number of alkyl halides is 1. The molecular formula is C10H22ClNS. The molecule has 80 valence electrons. The maximum absolute atomic E-state index is 5.60. The predicted molar refractivity (Wildman–Crippen MR) is 65.1 cm³/mol. The zero-order chi connectivity index (χ0) is 9.94. The molecule has 0 atom stereocenters. The Morgan fingerprint density at radius 2 is 1.92 bits per heavy atom. The van der Waals surface area contributed by atoms with Crippen molar-refractivity contribution in [3.63, 3.8) is 0 Å². The maximum atomic E-state index is 5.60. The third-order valence-corrected chi connectivity index (χ3v) is 3.14. The van der Waals surface area contributed by atoms with Gasteiger partial charge in [-0.2, -0.15) is 11.8 Å². The van der Waals surface area contributed by atoms with Crippen LogP contribution in [0.2, 0.25) is 0 Å². The maximum Gasteiger partial charge on any atom is 0.0223 e. The highest BCUT2D eigenvalue weighted by molar-refractivity contribution is 7.99. The highest BCUT2D eigenvalue weighted by Gasteiger charge is 1.97. The van der Waals surface area contributed by atoms with Crippen LogP contribution in [0.4, 0.5) is 0 Å². The Labute approximate surface area is 92.2 Å². The summed E-state index contributed by atoms with van der Waals surface area (Å²) in [7, 11) is 2.21. The van der Waals surface area contributed by atoms with Gasteiger partial charge >= 0.3 is 0 Å². The van der Waals surface area contributed by atoms with Crippen molar-refractivity contribution >= 4 is 23.4 Å². The molecule has 0 aliphatic heterocycles. The molecular weight excluding hydrogens is 202 g/mol. The van der Waals surface area contributed by atoms with E-state index in [2.05, 4.69) is 18.9 Å². The largest absolute Gasteiger partial charge is 0.306 e. The van der Waals surface area contributed by atoms with E-state index in [4.69, 9.17) is 11.6 Å². The van der Waals surface area contributed by atoms with E-state index in [9.17, 15) is 0 Å². The second kappa shape index (κ2) is 10.7. The first-order valence-corrected chi connectivity index (χ1v) is 6.82. The molecule has 0 bridgehead atoms. The molecule has 0 aromatic carbocycles. The number of hydrogen-bond acceptors (Lipinski definition) is 2. The molecule has 0 heterocycles. The Morgan fingerprint density at radius 1 is 1.15 bits per heavy atom. The van der Waals surface area contributed by atoms with E-state index in [1.165, 1.54) is 43.9 Å². The van der Waals surface area contributed by atoms with E-state index in [0.717, 1.165) is 5.88 Å². The summed E-state index contributed by atoms with van der Waals surface area (Å²) in [5, 5.41) is 0. The fourth-order valence-corrected chi connectivity index (χ4v) is 2.05. The van der Waals surface area contributed by atoms with Crippen molar-refractivity contribution in [2.45, 2.75) is 26.2 Å². The fraction of sp³-hybridized carbons (Fsp3) is 1.00. The van der Waals surface area contributed by atoms with E-state index in [-0.39, 0.29) is 0 Å². The quantitative estimate of drug-likeness (QED) is 0.437. The fourth-order valence-electron chi connectivity index (χ4n) is 1.13. The average Bonchev–Trinajstić information content (AvgIpc) is 2.13. The lowest BCUT2D eigenvalue weighted by molar-refractivity contribution is 0.345. The van der Waals surface area contributed by atoms with Crippen molar-refractivity contribution in [1.29, 1.82) is 0 Å². The number of rotatable bonds is 9. The summed E-state index contributed by atoms with van der Waals surface area (Å²) < 4.78 is 0. The van der Waals surface area contributed by atoms with Gasteiger partial charge in [-0.3, -0.25) is 0 Å². The third kappa shape index (κ3) is 10.5. The van der Waals surface area contributed by atoms with Gasteiger partial charge in [0.25, 0.3) is 0 Å². The first kappa shape index (κ1) is 13.6. The predicted octanol–water partition coefficient (Wildman–Crippen LogP) is 3.08. The minimum atomic E-state index is 0.815. The van der Waals surface area contributed by atoms with Crippen molar-refractivity contribution in [2.75, 3.05) is 37.5 Å². The van der Waals surface area contributed by atoms with E-state index in [1.54, 1.807) is 0 Å². The highest BCUT2D eigenvalue weighted by atomic mass is 35.5. The molecule has 0 aromatic heterocycles. The Balaban J connectivity index is 3.05. The Bertz CT molecular complexity index is 101. The van der Waals surface area contributed by atoms with Gasteiger partial charge in [0.2, 0.25) is 0 Å². The lowest BCUT2D eigenvalue weighted by Gasteiger charge is -2.15. The minimum Gasteiger partial charge on any atom is -0.306 e. The molecule has 0 N–H and O–H groups in total. The van der Waals surface area contributed by atoms with Crippen molar-refractivity contribution < 1.29 is 0 Å². The molecule has 0 saturated carbocycles. The second-order valence-electron chi connectivity index (χ2n) is 3.25. The number of halogens is 1.